The van der Waals surface area contributed by atoms with Crippen LogP contribution in [-0.2, 0) is 9.47 Å². The van der Waals surface area contributed by atoms with Gasteiger partial charge in [0.25, 0.3) is 0 Å². The van der Waals surface area contributed by atoms with Crippen LogP contribution in [0.2, 0.25) is 0 Å². The number of rotatable bonds is 5. The first-order chi connectivity index (χ1) is 11.1. The molecule has 2 aromatic heterocycles. The number of nitrogens with one attached hydrogen (secondary N) is 1. The third kappa shape index (κ3) is 3.14. The Morgan fingerprint density at radius 3 is 2.91 bits per heavy atom. The van der Waals surface area contributed by atoms with Gasteiger partial charge >= 0.3 is 5.97 Å². The number of hydrogen-bond acceptors (Lipinski definition) is 7. The number of hydrogen-bond donors (Lipinski definition) is 1. The van der Waals surface area contributed by atoms with E-state index in [1.165, 1.54) is 0 Å². The first-order valence-corrected chi connectivity index (χ1v) is 7.90. The van der Waals surface area contributed by atoms with E-state index < -0.39 is 5.97 Å². The second-order valence-electron chi connectivity index (χ2n) is 5.57. The van der Waals surface area contributed by atoms with Gasteiger partial charge in [-0.1, -0.05) is 0 Å². The van der Waals surface area contributed by atoms with Crippen LogP contribution in [0.3, 0.4) is 0 Å². The lowest BCUT2D eigenvalue weighted by Crippen LogP contribution is -2.19. The van der Waals surface area contributed by atoms with E-state index in [2.05, 4.69) is 15.3 Å². The summed E-state index contributed by atoms with van der Waals surface area (Å²) in [5.41, 5.74) is 0.782. The SMILES string of the molecule is CCOC(=O)c1c(C)oc2nc(C)nc(NC[C@@H]3CCCO3)c12. The molecule has 7 nitrogen and oxygen atoms in total. The van der Waals surface area contributed by atoms with Crippen molar-refractivity contribution in [2.45, 2.75) is 39.7 Å². The summed E-state index contributed by atoms with van der Waals surface area (Å²) in [4.78, 5) is 21.0. The zero-order valence-corrected chi connectivity index (χ0v) is 13.6. The summed E-state index contributed by atoms with van der Waals surface area (Å²) >= 11 is 0. The number of aryl methyl sites for hydroxylation is 2. The van der Waals surface area contributed by atoms with E-state index in [4.69, 9.17) is 13.9 Å². The van der Waals surface area contributed by atoms with Gasteiger partial charge < -0.3 is 19.2 Å². The lowest BCUT2D eigenvalue weighted by atomic mass is 10.1. The van der Waals surface area contributed by atoms with E-state index in [1.54, 1.807) is 20.8 Å². The molecule has 0 spiro atoms. The molecule has 0 radical (unpaired) electrons. The molecule has 3 heterocycles. The minimum absolute atomic E-state index is 0.166. The molecule has 3 rings (SSSR count). The van der Waals surface area contributed by atoms with Crippen LogP contribution in [0.4, 0.5) is 5.82 Å². The third-order valence-electron chi connectivity index (χ3n) is 3.84. The molecule has 0 aliphatic carbocycles. The first-order valence-electron chi connectivity index (χ1n) is 7.90. The number of esters is 1. The quantitative estimate of drug-likeness (QED) is 0.848. The fourth-order valence-electron chi connectivity index (χ4n) is 2.81. The molecular formula is C16H21N3O4. The highest BCUT2D eigenvalue weighted by molar-refractivity contribution is 6.07. The van der Waals surface area contributed by atoms with Gasteiger partial charge in [0.2, 0.25) is 5.71 Å². The Morgan fingerprint density at radius 1 is 1.39 bits per heavy atom. The predicted molar refractivity (Wildman–Crippen MR) is 84.7 cm³/mol. The van der Waals surface area contributed by atoms with E-state index in [0.717, 1.165) is 19.4 Å². The number of aromatic nitrogens is 2. The van der Waals surface area contributed by atoms with Crippen molar-refractivity contribution in [3.63, 3.8) is 0 Å². The topological polar surface area (TPSA) is 86.5 Å². The van der Waals surface area contributed by atoms with Gasteiger partial charge in [-0.05, 0) is 33.6 Å². The van der Waals surface area contributed by atoms with Crippen LogP contribution in [0.15, 0.2) is 4.42 Å². The molecule has 0 aromatic carbocycles. The van der Waals surface area contributed by atoms with Crippen molar-refractivity contribution in [3.05, 3.63) is 17.1 Å². The van der Waals surface area contributed by atoms with Crippen LogP contribution in [0.5, 0.6) is 0 Å². The van der Waals surface area contributed by atoms with E-state index in [-0.39, 0.29) is 6.10 Å². The van der Waals surface area contributed by atoms with Crippen LogP contribution >= 0.6 is 0 Å². The number of nitrogens with zero attached hydrogens (tertiary/aromatic N) is 2. The molecule has 23 heavy (non-hydrogen) atoms. The summed E-state index contributed by atoms with van der Waals surface area (Å²) in [7, 11) is 0. The monoisotopic (exact) mass is 319 g/mol. The average molecular weight is 319 g/mol. The van der Waals surface area contributed by atoms with Crippen molar-refractivity contribution in [2.24, 2.45) is 0 Å². The van der Waals surface area contributed by atoms with E-state index in [1.807, 2.05) is 0 Å². The van der Waals surface area contributed by atoms with Gasteiger partial charge in [0.05, 0.1) is 18.1 Å². The zero-order valence-electron chi connectivity index (χ0n) is 13.6. The second kappa shape index (κ2) is 6.54. The zero-order chi connectivity index (χ0) is 16.4. The molecule has 0 saturated carbocycles. The molecule has 1 saturated heterocycles. The van der Waals surface area contributed by atoms with Gasteiger partial charge in [-0.2, -0.15) is 4.98 Å². The van der Waals surface area contributed by atoms with Crippen molar-refractivity contribution in [1.82, 2.24) is 9.97 Å². The van der Waals surface area contributed by atoms with Crippen molar-refractivity contribution in [3.8, 4) is 0 Å². The minimum Gasteiger partial charge on any atom is -0.462 e. The molecule has 7 heteroatoms. The Morgan fingerprint density at radius 2 is 2.22 bits per heavy atom. The van der Waals surface area contributed by atoms with Crippen molar-refractivity contribution >= 4 is 22.9 Å². The standard InChI is InChI=1S/C16H21N3O4/c1-4-21-16(20)12-9(2)23-15-13(12)14(18-10(3)19-15)17-8-11-6-5-7-22-11/h11H,4-8H2,1-3H3,(H,17,18,19)/t11-/m0/s1. The van der Waals surface area contributed by atoms with Crippen LogP contribution in [-0.4, -0.2) is 41.8 Å². The summed E-state index contributed by atoms with van der Waals surface area (Å²) in [5, 5.41) is 3.85. The van der Waals surface area contributed by atoms with Gasteiger partial charge in [0.15, 0.2) is 0 Å². The lowest BCUT2D eigenvalue weighted by molar-refractivity contribution is 0.0526. The highest BCUT2D eigenvalue weighted by Gasteiger charge is 2.25. The van der Waals surface area contributed by atoms with Crippen LogP contribution in [0, 0.1) is 13.8 Å². The van der Waals surface area contributed by atoms with Crippen LogP contribution in [0.1, 0.15) is 41.7 Å². The van der Waals surface area contributed by atoms with Crippen molar-refractivity contribution in [1.29, 1.82) is 0 Å². The smallest absolute Gasteiger partial charge is 0.342 e. The molecule has 124 valence electrons. The number of anilines is 1. The normalized spacial score (nSPS) is 17.6. The molecule has 2 aromatic rings. The molecular weight excluding hydrogens is 298 g/mol. The Hall–Kier alpha value is -2.15. The number of carbonyl (C=O) groups is 1. The number of furan rings is 1. The van der Waals surface area contributed by atoms with Crippen molar-refractivity contribution < 1.29 is 18.7 Å². The molecule has 0 unspecified atom stereocenters. The second-order valence-corrected chi connectivity index (χ2v) is 5.57. The highest BCUT2D eigenvalue weighted by Crippen LogP contribution is 2.30. The lowest BCUT2D eigenvalue weighted by Gasteiger charge is -2.12. The maximum Gasteiger partial charge on any atom is 0.342 e. The fraction of sp³-hybridized carbons (Fsp3) is 0.562. The minimum atomic E-state index is -0.420. The summed E-state index contributed by atoms with van der Waals surface area (Å²) in [6.45, 7) is 7.02. The third-order valence-corrected chi connectivity index (χ3v) is 3.84. The average Bonchev–Trinajstić information content (AvgIpc) is 3.11. The summed E-state index contributed by atoms with van der Waals surface area (Å²) < 4.78 is 16.4. The molecule has 1 fully saturated rings. The number of fused-ring (bicyclic) bond motifs is 1. The van der Waals surface area contributed by atoms with Crippen molar-refractivity contribution in [2.75, 3.05) is 25.1 Å². The predicted octanol–water partition coefficient (Wildman–Crippen LogP) is 2.61. The summed E-state index contributed by atoms with van der Waals surface area (Å²) in [6, 6.07) is 0. The summed E-state index contributed by atoms with van der Waals surface area (Å²) in [5.74, 6) is 1.23. The molecule has 0 bridgehead atoms. The van der Waals surface area contributed by atoms with Gasteiger partial charge in [-0.3, -0.25) is 0 Å². The largest absolute Gasteiger partial charge is 0.462 e. The molecule has 1 N–H and O–H groups in total. The summed E-state index contributed by atoms with van der Waals surface area (Å²) in [6.07, 6.45) is 2.26. The van der Waals surface area contributed by atoms with Gasteiger partial charge in [-0.15, -0.1) is 0 Å². The van der Waals surface area contributed by atoms with Gasteiger partial charge in [-0.25, -0.2) is 9.78 Å². The van der Waals surface area contributed by atoms with E-state index >= 15 is 0 Å². The van der Waals surface area contributed by atoms with Crippen LogP contribution in [0.25, 0.3) is 11.1 Å². The fourth-order valence-corrected chi connectivity index (χ4v) is 2.81. The Bertz CT molecular complexity index is 720. The van der Waals surface area contributed by atoms with Crippen LogP contribution < -0.4 is 5.32 Å². The number of ether oxygens (including phenoxy) is 2. The molecule has 1 aliphatic rings. The maximum atomic E-state index is 12.2. The highest BCUT2D eigenvalue weighted by atomic mass is 16.5. The Labute approximate surface area is 134 Å². The molecule has 1 aliphatic heterocycles. The Kier molecular flexibility index (Phi) is 4.47. The van der Waals surface area contributed by atoms with E-state index in [0.29, 0.717) is 47.2 Å². The molecule has 0 amide bonds. The van der Waals surface area contributed by atoms with Gasteiger partial charge in [0, 0.05) is 13.2 Å². The maximum absolute atomic E-state index is 12.2. The van der Waals surface area contributed by atoms with Gasteiger partial charge in [0.1, 0.15) is 23.0 Å². The first kappa shape index (κ1) is 15.7. The van der Waals surface area contributed by atoms with E-state index in [9.17, 15) is 4.79 Å². The molecule has 1 atom stereocenters. The Balaban J connectivity index is 1.98. The number of carbonyl (C=O) groups excluding carboxylic acids is 1.